The van der Waals surface area contributed by atoms with E-state index in [1.807, 2.05) is 5.38 Å². The van der Waals surface area contributed by atoms with Crippen LogP contribution in [0.1, 0.15) is 57.7 Å². The summed E-state index contributed by atoms with van der Waals surface area (Å²) in [4.78, 5) is 37.7. The normalized spacial score (nSPS) is 16.0. The summed E-state index contributed by atoms with van der Waals surface area (Å²) in [6, 6.07) is 10.2. The van der Waals surface area contributed by atoms with Gasteiger partial charge in [-0.15, -0.1) is 11.3 Å². The third-order valence-corrected chi connectivity index (χ3v) is 5.88. The molecule has 6 heteroatoms. The number of hydrogen-bond acceptors (Lipinski definition) is 4. The van der Waals surface area contributed by atoms with Crippen LogP contribution >= 0.6 is 11.3 Å². The van der Waals surface area contributed by atoms with Gasteiger partial charge in [-0.2, -0.15) is 0 Å². The van der Waals surface area contributed by atoms with Crippen molar-refractivity contribution in [3.8, 4) is 0 Å². The van der Waals surface area contributed by atoms with Crippen molar-refractivity contribution in [1.82, 2.24) is 5.32 Å². The summed E-state index contributed by atoms with van der Waals surface area (Å²) in [7, 11) is 0. The molecule has 136 valence electrons. The van der Waals surface area contributed by atoms with Gasteiger partial charge in [0, 0.05) is 12.1 Å². The summed E-state index contributed by atoms with van der Waals surface area (Å²) in [6.45, 7) is 0.0860. The molecule has 0 spiro atoms. The number of amides is 1. The van der Waals surface area contributed by atoms with Gasteiger partial charge in [0.25, 0.3) is 5.91 Å². The van der Waals surface area contributed by atoms with Gasteiger partial charge in [0.15, 0.2) is 0 Å². The molecular weight excluding hydrogens is 350 g/mol. The molecule has 3 rings (SSSR count). The minimum atomic E-state index is -0.902. The molecule has 2 aromatic rings. The highest BCUT2D eigenvalue weighted by Crippen LogP contribution is 2.36. The Kier molecular flexibility index (Phi) is 5.52. The number of carboxylic acids is 1. The van der Waals surface area contributed by atoms with E-state index in [1.54, 1.807) is 36.4 Å². The molecule has 2 N–H and O–H groups in total. The molecule has 0 aliphatic heterocycles. The standard InChI is InChI=1S/C20H21NO4S/c22-17(16-9-6-12-26-16)14-7-2-3-8-15(14)18(23)21-13-20(19(24)25)10-4-1-5-11-20/h2-3,6-9,12H,1,4-5,10-11,13H2,(H,21,23)(H,24,25). The first-order valence-electron chi connectivity index (χ1n) is 8.72. The summed E-state index contributed by atoms with van der Waals surface area (Å²) in [5.41, 5.74) is -0.289. The fraction of sp³-hybridized carbons (Fsp3) is 0.350. The Bertz CT molecular complexity index is 807. The molecule has 1 aliphatic carbocycles. The van der Waals surface area contributed by atoms with Crippen molar-refractivity contribution in [2.24, 2.45) is 5.41 Å². The number of ketones is 1. The second-order valence-electron chi connectivity index (χ2n) is 6.68. The number of carbonyl (C=O) groups is 3. The fourth-order valence-electron chi connectivity index (χ4n) is 3.46. The second-order valence-corrected chi connectivity index (χ2v) is 7.63. The van der Waals surface area contributed by atoms with Crippen LogP contribution in [0.4, 0.5) is 0 Å². The summed E-state index contributed by atoms with van der Waals surface area (Å²) in [5, 5.41) is 14.2. The van der Waals surface area contributed by atoms with E-state index in [0.717, 1.165) is 19.3 Å². The van der Waals surface area contributed by atoms with E-state index in [1.165, 1.54) is 11.3 Å². The predicted molar refractivity (Wildman–Crippen MR) is 99.7 cm³/mol. The van der Waals surface area contributed by atoms with Crippen molar-refractivity contribution in [1.29, 1.82) is 0 Å². The molecule has 1 fully saturated rings. The van der Waals surface area contributed by atoms with Gasteiger partial charge in [0.1, 0.15) is 0 Å². The van der Waals surface area contributed by atoms with Crippen molar-refractivity contribution in [3.05, 3.63) is 57.8 Å². The molecule has 1 amide bonds. The first-order chi connectivity index (χ1) is 12.5. The van der Waals surface area contributed by atoms with E-state index in [0.29, 0.717) is 23.3 Å². The number of carboxylic acid groups (broad SMARTS) is 1. The number of carbonyl (C=O) groups excluding carboxylic acids is 2. The van der Waals surface area contributed by atoms with Crippen LogP contribution in [0.15, 0.2) is 41.8 Å². The second kappa shape index (κ2) is 7.83. The van der Waals surface area contributed by atoms with Crippen molar-refractivity contribution in [3.63, 3.8) is 0 Å². The Hall–Kier alpha value is -2.47. The van der Waals surface area contributed by atoms with Crippen LogP contribution in [0.5, 0.6) is 0 Å². The summed E-state index contributed by atoms with van der Waals surface area (Å²) >= 11 is 1.33. The Morgan fingerprint density at radius 1 is 1.00 bits per heavy atom. The molecule has 1 aliphatic rings. The average Bonchev–Trinajstić information content (AvgIpc) is 3.21. The van der Waals surface area contributed by atoms with E-state index >= 15 is 0 Å². The maximum Gasteiger partial charge on any atom is 0.311 e. The van der Waals surface area contributed by atoms with Crippen molar-refractivity contribution in [2.75, 3.05) is 6.54 Å². The third-order valence-electron chi connectivity index (χ3n) is 5.01. The number of rotatable bonds is 6. The van der Waals surface area contributed by atoms with E-state index in [4.69, 9.17) is 0 Å². The van der Waals surface area contributed by atoms with Crippen molar-refractivity contribution in [2.45, 2.75) is 32.1 Å². The molecule has 0 unspecified atom stereocenters. The third kappa shape index (κ3) is 3.70. The number of thiophene rings is 1. The van der Waals surface area contributed by atoms with Gasteiger partial charge < -0.3 is 10.4 Å². The van der Waals surface area contributed by atoms with Crippen LogP contribution in [0, 0.1) is 5.41 Å². The SMILES string of the molecule is O=C(NCC1(C(=O)O)CCCCC1)c1ccccc1C(=O)c1cccs1. The van der Waals surface area contributed by atoms with Crippen molar-refractivity contribution >= 4 is 29.0 Å². The minimum absolute atomic E-state index is 0.0860. The van der Waals surface area contributed by atoms with Gasteiger partial charge >= 0.3 is 5.97 Å². The van der Waals surface area contributed by atoms with Crippen molar-refractivity contribution < 1.29 is 19.5 Å². The Morgan fingerprint density at radius 3 is 2.31 bits per heavy atom. The Morgan fingerprint density at radius 2 is 1.69 bits per heavy atom. The Labute approximate surface area is 156 Å². The molecule has 26 heavy (non-hydrogen) atoms. The first kappa shape index (κ1) is 18.3. The number of benzene rings is 1. The van der Waals surface area contributed by atoms with E-state index in [9.17, 15) is 19.5 Å². The molecule has 1 heterocycles. The minimum Gasteiger partial charge on any atom is -0.481 e. The number of aliphatic carboxylic acids is 1. The van der Waals surface area contributed by atoms with Gasteiger partial charge in [-0.25, -0.2) is 0 Å². The zero-order valence-electron chi connectivity index (χ0n) is 14.4. The molecule has 0 saturated heterocycles. The van der Waals surface area contributed by atoms with Gasteiger partial charge in [-0.1, -0.05) is 43.5 Å². The summed E-state index contributed by atoms with van der Waals surface area (Å²) in [6.07, 6.45) is 3.88. The van der Waals surface area contributed by atoms with Gasteiger partial charge in [0.05, 0.1) is 15.9 Å². The van der Waals surface area contributed by atoms with Crippen LogP contribution in [0.25, 0.3) is 0 Å². The maximum atomic E-state index is 12.7. The van der Waals surface area contributed by atoms with Crippen LogP contribution in [-0.2, 0) is 4.79 Å². The molecule has 1 saturated carbocycles. The average molecular weight is 371 g/mol. The first-order valence-corrected chi connectivity index (χ1v) is 9.60. The van der Waals surface area contributed by atoms with E-state index in [2.05, 4.69) is 5.32 Å². The lowest BCUT2D eigenvalue weighted by Crippen LogP contribution is -2.44. The summed E-state index contributed by atoms with van der Waals surface area (Å²) < 4.78 is 0. The summed E-state index contributed by atoms with van der Waals surface area (Å²) in [5.74, 6) is -1.46. The van der Waals surface area contributed by atoms with Crippen LogP contribution in [0.2, 0.25) is 0 Å². The van der Waals surface area contributed by atoms with Crippen LogP contribution < -0.4 is 5.32 Å². The van der Waals surface area contributed by atoms with Crippen LogP contribution in [0.3, 0.4) is 0 Å². The molecule has 0 atom stereocenters. The predicted octanol–water partition coefficient (Wildman–Crippen LogP) is 3.74. The highest BCUT2D eigenvalue weighted by molar-refractivity contribution is 7.12. The smallest absolute Gasteiger partial charge is 0.311 e. The molecule has 0 bridgehead atoms. The van der Waals surface area contributed by atoms with E-state index < -0.39 is 17.3 Å². The lowest BCUT2D eigenvalue weighted by molar-refractivity contribution is -0.150. The zero-order valence-corrected chi connectivity index (χ0v) is 15.2. The lowest BCUT2D eigenvalue weighted by atomic mass is 9.74. The van der Waals surface area contributed by atoms with Gasteiger partial charge in [-0.05, 0) is 30.4 Å². The largest absolute Gasteiger partial charge is 0.481 e. The van der Waals surface area contributed by atoms with Crippen LogP contribution in [-0.4, -0.2) is 29.3 Å². The molecule has 1 aromatic carbocycles. The molecular formula is C20H21NO4S. The molecule has 0 radical (unpaired) electrons. The topological polar surface area (TPSA) is 83.5 Å². The molecule has 1 aromatic heterocycles. The quantitative estimate of drug-likeness (QED) is 0.758. The highest BCUT2D eigenvalue weighted by atomic mass is 32.1. The number of hydrogen-bond donors (Lipinski definition) is 2. The number of nitrogens with one attached hydrogen (secondary N) is 1. The highest BCUT2D eigenvalue weighted by Gasteiger charge is 2.40. The molecule has 5 nitrogen and oxygen atoms in total. The van der Waals surface area contributed by atoms with Gasteiger partial charge in [0.2, 0.25) is 5.78 Å². The Balaban J connectivity index is 1.78. The monoisotopic (exact) mass is 371 g/mol. The fourth-order valence-corrected chi connectivity index (χ4v) is 4.14. The maximum absolute atomic E-state index is 12.7. The van der Waals surface area contributed by atoms with E-state index in [-0.39, 0.29) is 17.9 Å². The zero-order chi connectivity index (χ0) is 18.6. The lowest BCUT2D eigenvalue weighted by Gasteiger charge is -2.33. The van der Waals surface area contributed by atoms with Gasteiger partial charge in [-0.3, -0.25) is 14.4 Å².